The predicted octanol–water partition coefficient (Wildman–Crippen LogP) is 4.21. The van der Waals surface area contributed by atoms with Crippen molar-refractivity contribution in [3.05, 3.63) is 64.7 Å². The number of nitrogens with two attached hydrogens (primary N) is 1. The highest BCUT2D eigenvalue weighted by molar-refractivity contribution is 8.16. The standard InChI is InChI=1S/C19H20N2O2S2/c1-12-4-2-5-15(16(12)17(20)22)21-18(23)13-6-8-14(9-7-13)19-24-10-3-11-25-19/h2,4-9,19H,3,10-11H2,1H3,(H2,20,22)(H,21,23). The van der Waals surface area contributed by atoms with Crippen LogP contribution in [0.5, 0.6) is 0 Å². The highest BCUT2D eigenvalue weighted by atomic mass is 32.2. The third-order valence-electron chi connectivity index (χ3n) is 4.04. The number of anilines is 1. The minimum absolute atomic E-state index is 0.247. The van der Waals surface area contributed by atoms with E-state index in [0.717, 1.165) is 5.56 Å². The van der Waals surface area contributed by atoms with E-state index in [2.05, 4.69) is 5.32 Å². The molecule has 1 saturated heterocycles. The fraction of sp³-hybridized carbons (Fsp3) is 0.263. The van der Waals surface area contributed by atoms with Crippen molar-refractivity contribution in [2.75, 3.05) is 16.8 Å². The van der Waals surface area contributed by atoms with Crippen LogP contribution in [0.2, 0.25) is 0 Å². The lowest BCUT2D eigenvalue weighted by Crippen LogP contribution is -2.19. The Morgan fingerprint density at radius 2 is 1.76 bits per heavy atom. The van der Waals surface area contributed by atoms with E-state index in [1.165, 1.54) is 23.5 Å². The molecule has 3 rings (SSSR count). The van der Waals surface area contributed by atoms with Gasteiger partial charge in [0.1, 0.15) is 0 Å². The number of nitrogens with one attached hydrogen (secondary N) is 1. The van der Waals surface area contributed by atoms with Gasteiger partial charge >= 0.3 is 0 Å². The molecule has 2 aromatic rings. The molecule has 0 spiro atoms. The lowest BCUT2D eigenvalue weighted by Gasteiger charge is -2.21. The van der Waals surface area contributed by atoms with Gasteiger partial charge in [0, 0.05) is 5.56 Å². The molecule has 1 heterocycles. The average Bonchev–Trinajstić information content (AvgIpc) is 2.62. The molecule has 0 saturated carbocycles. The fourth-order valence-electron chi connectivity index (χ4n) is 2.77. The summed E-state index contributed by atoms with van der Waals surface area (Å²) in [5, 5.41) is 2.80. The molecule has 0 aliphatic carbocycles. The monoisotopic (exact) mass is 372 g/mol. The fourth-order valence-corrected chi connectivity index (χ4v) is 5.66. The van der Waals surface area contributed by atoms with E-state index in [4.69, 9.17) is 5.73 Å². The Balaban J connectivity index is 1.76. The largest absolute Gasteiger partial charge is 0.366 e. The zero-order chi connectivity index (χ0) is 17.8. The Hall–Kier alpha value is -1.92. The van der Waals surface area contributed by atoms with Gasteiger partial charge in [0.25, 0.3) is 11.8 Å². The maximum Gasteiger partial charge on any atom is 0.255 e. The Bertz CT molecular complexity index is 785. The number of carbonyl (C=O) groups is 2. The minimum atomic E-state index is -0.546. The Labute approximate surface area is 155 Å². The van der Waals surface area contributed by atoms with Crippen LogP contribution in [0.25, 0.3) is 0 Å². The van der Waals surface area contributed by atoms with Gasteiger partial charge in [-0.05, 0) is 54.2 Å². The molecule has 3 N–H and O–H groups in total. The van der Waals surface area contributed by atoms with Crippen LogP contribution in [-0.4, -0.2) is 23.3 Å². The lowest BCUT2D eigenvalue weighted by molar-refractivity contribution is 0.100. The van der Waals surface area contributed by atoms with E-state index >= 15 is 0 Å². The molecule has 1 fully saturated rings. The zero-order valence-corrected chi connectivity index (χ0v) is 15.6. The molecule has 130 valence electrons. The number of benzene rings is 2. The van der Waals surface area contributed by atoms with Crippen LogP contribution < -0.4 is 11.1 Å². The normalized spacial score (nSPS) is 14.9. The molecule has 4 nitrogen and oxygen atoms in total. The van der Waals surface area contributed by atoms with Gasteiger partial charge in [0.2, 0.25) is 0 Å². The molecular weight excluding hydrogens is 352 g/mol. The van der Waals surface area contributed by atoms with E-state index in [1.807, 2.05) is 47.8 Å². The van der Waals surface area contributed by atoms with Gasteiger partial charge in [-0.25, -0.2) is 0 Å². The highest BCUT2D eigenvalue weighted by Crippen LogP contribution is 2.43. The molecule has 25 heavy (non-hydrogen) atoms. The van der Waals surface area contributed by atoms with Crippen LogP contribution in [-0.2, 0) is 0 Å². The van der Waals surface area contributed by atoms with Crippen molar-refractivity contribution in [2.24, 2.45) is 5.73 Å². The molecule has 2 aromatic carbocycles. The first-order valence-corrected chi connectivity index (χ1v) is 10.2. The van der Waals surface area contributed by atoms with E-state index in [9.17, 15) is 9.59 Å². The second-order valence-electron chi connectivity index (χ2n) is 5.86. The van der Waals surface area contributed by atoms with Crippen LogP contribution >= 0.6 is 23.5 Å². The van der Waals surface area contributed by atoms with Crippen molar-refractivity contribution < 1.29 is 9.59 Å². The number of aryl methyl sites for hydroxylation is 1. The second-order valence-corrected chi connectivity index (χ2v) is 8.59. The van der Waals surface area contributed by atoms with E-state index < -0.39 is 5.91 Å². The molecule has 0 atom stereocenters. The molecule has 2 amide bonds. The number of carbonyl (C=O) groups excluding carboxylic acids is 2. The number of rotatable bonds is 4. The van der Waals surface area contributed by atoms with Gasteiger partial charge in [-0.2, -0.15) is 0 Å². The van der Waals surface area contributed by atoms with E-state index in [1.54, 1.807) is 25.1 Å². The summed E-state index contributed by atoms with van der Waals surface area (Å²) >= 11 is 3.90. The first-order valence-electron chi connectivity index (χ1n) is 8.10. The zero-order valence-electron chi connectivity index (χ0n) is 14.0. The van der Waals surface area contributed by atoms with Gasteiger partial charge in [-0.15, -0.1) is 23.5 Å². The van der Waals surface area contributed by atoms with Crippen molar-refractivity contribution in [1.82, 2.24) is 0 Å². The maximum absolute atomic E-state index is 12.5. The Morgan fingerprint density at radius 1 is 1.08 bits per heavy atom. The first-order chi connectivity index (χ1) is 12.1. The molecule has 0 bridgehead atoms. The summed E-state index contributed by atoms with van der Waals surface area (Å²) in [6.45, 7) is 1.80. The summed E-state index contributed by atoms with van der Waals surface area (Å²) in [5.41, 5.74) is 8.77. The molecular formula is C19H20N2O2S2. The third kappa shape index (κ3) is 4.19. The minimum Gasteiger partial charge on any atom is -0.366 e. The summed E-state index contributed by atoms with van der Waals surface area (Å²) in [6, 6.07) is 13.0. The van der Waals surface area contributed by atoms with Crippen molar-refractivity contribution in [3.63, 3.8) is 0 Å². The van der Waals surface area contributed by atoms with Crippen molar-refractivity contribution in [2.45, 2.75) is 17.9 Å². The number of hydrogen-bond acceptors (Lipinski definition) is 4. The summed E-state index contributed by atoms with van der Waals surface area (Å²) < 4.78 is 0.448. The molecule has 0 unspecified atom stereocenters. The Morgan fingerprint density at radius 3 is 2.40 bits per heavy atom. The topological polar surface area (TPSA) is 72.2 Å². The molecule has 0 radical (unpaired) electrons. The third-order valence-corrected chi connectivity index (χ3v) is 7.05. The molecule has 0 aromatic heterocycles. The van der Waals surface area contributed by atoms with E-state index in [0.29, 0.717) is 21.4 Å². The first kappa shape index (κ1) is 17.9. The van der Waals surface area contributed by atoms with E-state index in [-0.39, 0.29) is 5.91 Å². The van der Waals surface area contributed by atoms with Crippen LogP contribution in [0, 0.1) is 6.92 Å². The smallest absolute Gasteiger partial charge is 0.255 e. The summed E-state index contributed by atoms with van der Waals surface area (Å²) in [5.74, 6) is 1.57. The Kier molecular flexibility index (Phi) is 5.71. The van der Waals surface area contributed by atoms with Crippen molar-refractivity contribution >= 4 is 41.0 Å². The number of primary amides is 1. The molecule has 1 aliphatic heterocycles. The van der Waals surface area contributed by atoms with Crippen LogP contribution in [0.15, 0.2) is 42.5 Å². The average molecular weight is 373 g/mol. The summed E-state index contributed by atoms with van der Waals surface area (Å²) in [6.07, 6.45) is 1.25. The summed E-state index contributed by atoms with van der Waals surface area (Å²) in [7, 11) is 0. The van der Waals surface area contributed by atoms with Crippen LogP contribution in [0.3, 0.4) is 0 Å². The molecule has 1 aliphatic rings. The summed E-state index contributed by atoms with van der Waals surface area (Å²) in [4.78, 5) is 24.2. The lowest BCUT2D eigenvalue weighted by atomic mass is 10.1. The molecule has 6 heteroatoms. The highest BCUT2D eigenvalue weighted by Gasteiger charge is 2.18. The number of hydrogen-bond donors (Lipinski definition) is 2. The number of thioether (sulfide) groups is 2. The van der Waals surface area contributed by atoms with Gasteiger partial charge < -0.3 is 11.1 Å². The van der Waals surface area contributed by atoms with Gasteiger partial charge in [-0.1, -0.05) is 24.3 Å². The van der Waals surface area contributed by atoms with Gasteiger partial charge in [-0.3, -0.25) is 9.59 Å². The van der Waals surface area contributed by atoms with Crippen LogP contribution in [0.1, 0.15) is 42.8 Å². The predicted molar refractivity (Wildman–Crippen MR) is 106 cm³/mol. The van der Waals surface area contributed by atoms with Crippen molar-refractivity contribution in [1.29, 1.82) is 0 Å². The quantitative estimate of drug-likeness (QED) is 0.843. The van der Waals surface area contributed by atoms with Gasteiger partial charge in [0.15, 0.2) is 0 Å². The van der Waals surface area contributed by atoms with Crippen LogP contribution in [0.4, 0.5) is 5.69 Å². The maximum atomic E-state index is 12.5. The van der Waals surface area contributed by atoms with Crippen molar-refractivity contribution in [3.8, 4) is 0 Å². The SMILES string of the molecule is Cc1cccc(NC(=O)c2ccc(C3SCCCS3)cc2)c1C(N)=O. The second kappa shape index (κ2) is 7.97. The van der Waals surface area contributed by atoms with Gasteiger partial charge in [0.05, 0.1) is 15.8 Å². The number of amides is 2.